The third-order valence-electron chi connectivity index (χ3n) is 13.4. The Morgan fingerprint density at radius 1 is 0.725 bits per heavy atom. The minimum Gasteiger partial charge on any atom is -0.495 e. The maximum Gasteiger partial charge on any atom is 0.306 e. The number of aliphatic imine (C=N–C) groups is 2. The lowest BCUT2D eigenvalue weighted by Gasteiger charge is -2.30. The van der Waals surface area contributed by atoms with Crippen molar-refractivity contribution >= 4 is 90.4 Å². The number of aliphatic carboxylic acids is 1. The van der Waals surface area contributed by atoms with Crippen molar-refractivity contribution in [2.75, 3.05) is 52.0 Å². The Hall–Kier alpha value is -6.82. The normalized spacial score (nSPS) is 16.4. The zero-order chi connectivity index (χ0) is 47.6. The van der Waals surface area contributed by atoms with E-state index in [0.717, 1.165) is 127 Å². The van der Waals surface area contributed by atoms with Gasteiger partial charge in [0.1, 0.15) is 45.5 Å². The molecule has 0 radical (unpaired) electrons. The van der Waals surface area contributed by atoms with Gasteiger partial charge in [0, 0.05) is 41.2 Å². The van der Waals surface area contributed by atoms with Gasteiger partial charge in [0.05, 0.1) is 55.4 Å². The highest BCUT2D eigenvalue weighted by Crippen LogP contribution is 2.44. The molecule has 354 valence electrons. The summed E-state index contributed by atoms with van der Waals surface area (Å²) in [6, 6.07) is 18.5. The van der Waals surface area contributed by atoms with E-state index < -0.39 is 5.97 Å². The average Bonchev–Trinajstić information content (AvgIpc) is 4.18. The number of carboxylic acid groups (broad SMARTS) is 1. The van der Waals surface area contributed by atoms with E-state index in [1.54, 1.807) is 49.5 Å². The van der Waals surface area contributed by atoms with Crippen LogP contribution in [0.5, 0.6) is 11.5 Å². The number of ether oxygens (including phenoxy) is 2. The van der Waals surface area contributed by atoms with Crippen LogP contribution in [0, 0.1) is 11.8 Å². The molecule has 2 aliphatic heterocycles. The van der Waals surface area contributed by atoms with Gasteiger partial charge >= 0.3 is 5.97 Å². The van der Waals surface area contributed by atoms with Crippen molar-refractivity contribution in [2.45, 2.75) is 64.6 Å². The van der Waals surface area contributed by atoms with E-state index in [4.69, 9.17) is 9.47 Å². The van der Waals surface area contributed by atoms with Crippen molar-refractivity contribution in [1.82, 2.24) is 29.7 Å². The molecule has 17 heteroatoms. The Morgan fingerprint density at radius 3 is 1.78 bits per heavy atom. The second-order valence-electron chi connectivity index (χ2n) is 18.1. The van der Waals surface area contributed by atoms with Gasteiger partial charge in [0.15, 0.2) is 0 Å². The van der Waals surface area contributed by atoms with Crippen LogP contribution in [0.2, 0.25) is 0 Å². The number of benzene rings is 3. The second kappa shape index (κ2) is 20.0. The molecule has 4 aliphatic rings. The van der Waals surface area contributed by atoms with E-state index >= 15 is 0 Å². The first kappa shape index (κ1) is 45.9. The van der Waals surface area contributed by atoms with E-state index in [-0.39, 0.29) is 17.7 Å². The van der Waals surface area contributed by atoms with Crippen LogP contribution in [0.4, 0.5) is 23.0 Å². The topological polar surface area (TPSA) is 180 Å². The summed E-state index contributed by atoms with van der Waals surface area (Å²) in [5.41, 5.74) is 9.76. The Balaban J connectivity index is 0.000000172. The summed E-state index contributed by atoms with van der Waals surface area (Å²) >= 11 is 3.26. The van der Waals surface area contributed by atoms with Crippen LogP contribution in [-0.2, 0) is 54.9 Å². The van der Waals surface area contributed by atoms with E-state index in [1.807, 2.05) is 48.8 Å². The monoisotopic (exact) mass is 962 g/mol. The van der Waals surface area contributed by atoms with Crippen LogP contribution in [0.3, 0.4) is 0 Å². The predicted octanol–water partition coefficient (Wildman–Crippen LogP) is 9.03. The van der Waals surface area contributed by atoms with Gasteiger partial charge in [-0.25, -0.2) is 19.9 Å². The summed E-state index contributed by atoms with van der Waals surface area (Å²) < 4.78 is 11.3. The number of hydrogen-bond donors (Lipinski definition) is 3. The number of carbonyl (C=O) groups is 2. The molecule has 0 fully saturated rings. The molecule has 3 N–H and O–H groups in total. The van der Waals surface area contributed by atoms with Gasteiger partial charge in [-0.2, -0.15) is 0 Å². The minimum atomic E-state index is -0.725. The Bertz CT molecular complexity index is 3130. The highest BCUT2D eigenvalue weighted by Gasteiger charge is 2.33. The quantitative estimate of drug-likeness (QED) is 0.0943. The van der Waals surface area contributed by atoms with Gasteiger partial charge < -0.3 is 35.0 Å². The van der Waals surface area contributed by atoms with Crippen LogP contribution < -0.4 is 20.1 Å². The smallest absolute Gasteiger partial charge is 0.306 e. The number of rotatable bonds is 14. The van der Waals surface area contributed by atoms with E-state index in [0.29, 0.717) is 32.5 Å². The van der Waals surface area contributed by atoms with Gasteiger partial charge in [-0.05, 0) is 129 Å². The summed E-state index contributed by atoms with van der Waals surface area (Å²) in [5.74, 6) is 2.20. The van der Waals surface area contributed by atoms with Gasteiger partial charge in [-0.15, -0.1) is 22.7 Å². The summed E-state index contributed by atoms with van der Waals surface area (Å²) in [6.07, 6.45) is 12.2. The van der Waals surface area contributed by atoms with Gasteiger partial charge in [-0.1, -0.05) is 30.3 Å². The SMILES string of the molecule is COc1cc2c(cc1Nc1ncnc3sc4c(c13)CC[C@H](C(=O)N(CCCN(C)C)Cc1ccccc1)C4)C=NC2.COc1cc2c(cc1Nc1ncnc3sc4c(c13)CC[C@H](C(=O)O)C4)C=NC2. The van der Waals surface area contributed by atoms with Crippen LogP contribution in [0.15, 0.2) is 77.2 Å². The number of carbonyl (C=O) groups excluding carboxylic acids is 1. The summed E-state index contributed by atoms with van der Waals surface area (Å²) in [5, 5.41) is 18.4. The highest BCUT2D eigenvalue weighted by atomic mass is 32.1. The fourth-order valence-electron chi connectivity index (χ4n) is 9.80. The second-order valence-corrected chi connectivity index (χ2v) is 20.3. The number of methoxy groups -OCH3 is 2. The lowest BCUT2D eigenvalue weighted by Crippen LogP contribution is -2.39. The molecule has 0 unspecified atom stereocenters. The van der Waals surface area contributed by atoms with E-state index in [2.05, 4.69) is 82.6 Å². The van der Waals surface area contributed by atoms with Crippen LogP contribution in [0.1, 0.15) is 68.0 Å². The number of aryl methyl sites for hydroxylation is 2. The van der Waals surface area contributed by atoms with Crippen molar-refractivity contribution in [3.05, 3.63) is 116 Å². The van der Waals surface area contributed by atoms with E-state index in [1.165, 1.54) is 21.6 Å². The van der Waals surface area contributed by atoms with Crippen molar-refractivity contribution < 1.29 is 24.2 Å². The first-order valence-electron chi connectivity index (χ1n) is 23.3. The molecule has 15 nitrogen and oxygen atoms in total. The zero-order valence-electron chi connectivity index (χ0n) is 39.1. The molecular weight excluding hydrogens is 909 g/mol. The maximum absolute atomic E-state index is 13.9. The molecular formula is C52H54N10O5S2. The molecule has 0 spiro atoms. The molecule has 0 bridgehead atoms. The molecule has 0 saturated carbocycles. The molecule has 0 saturated heterocycles. The highest BCUT2D eigenvalue weighted by molar-refractivity contribution is 7.19. The summed E-state index contributed by atoms with van der Waals surface area (Å²) in [6.45, 7) is 3.72. The number of carboxylic acids is 1. The molecule has 7 aromatic rings. The third-order valence-corrected chi connectivity index (χ3v) is 15.7. The summed E-state index contributed by atoms with van der Waals surface area (Å²) in [7, 11) is 7.49. The van der Waals surface area contributed by atoms with Crippen LogP contribution >= 0.6 is 22.7 Å². The number of anilines is 4. The van der Waals surface area contributed by atoms with Crippen molar-refractivity contribution in [3.8, 4) is 11.5 Å². The number of thiophene rings is 2. The predicted molar refractivity (Wildman–Crippen MR) is 274 cm³/mol. The van der Waals surface area contributed by atoms with Crippen molar-refractivity contribution in [2.24, 2.45) is 21.8 Å². The van der Waals surface area contributed by atoms with Crippen LogP contribution in [-0.4, -0.2) is 101 Å². The number of aromatic nitrogens is 4. The number of nitrogens with one attached hydrogen (secondary N) is 2. The maximum atomic E-state index is 13.9. The Labute approximate surface area is 408 Å². The number of amides is 1. The fourth-order valence-corrected chi connectivity index (χ4v) is 12.3. The number of fused-ring (bicyclic) bond motifs is 8. The van der Waals surface area contributed by atoms with Crippen LogP contribution in [0.25, 0.3) is 20.4 Å². The molecule has 3 aromatic carbocycles. The largest absolute Gasteiger partial charge is 0.495 e. The molecule has 69 heavy (non-hydrogen) atoms. The molecule has 2 aliphatic carbocycles. The molecule has 1 amide bonds. The van der Waals surface area contributed by atoms with E-state index in [9.17, 15) is 14.7 Å². The van der Waals surface area contributed by atoms with Gasteiger partial charge in [0.2, 0.25) is 5.91 Å². The molecule has 11 rings (SSSR count). The minimum absolute atomic E-state index is 0.0286. The molecule has 2 atom stereocenters. The fraction of sp³-hybridized carbons (Fsp3) is 0.346. The number of nitrogens with zero attached hydrogens (tertiary/aromatic N) is 8. The first-order chi connectivity index (χ1) is 33.6. The van der Waals surface area contributed by atoms with Crippen molar-refractivity contribution in [3.63, 3.8) is 0 Å². The lowest BCUT2D eigenvalue weighted by molar-refractivity contribution is -0.142. The third kappa shape index (κ3) is 9.63. The standard InChI is InChI=1S/C32H36N6O2S.C20H18N4O3S/c1-37(2)12-7-13-38(19-21-8-5-4-6-9-21)32(39)22-10-11-25-28(16-22)41-31-29(25)30(34-20-35-31)36-26-14-23-17-33-18-24(23)15-27(26)40-3;1-27-15-5-12-8-21-7-11(12)4-14(15)24-18-17-13-3-2-10(20(25)26)6-16(13)28-19(17)23-9-22-18/h4-6,8-9,14-15,17,20,22H,7,10-13,16,18-19H2,1-3H3,(H,34,35,36);4-5,7,9-10H,2-3,6,8H2,1H3,(H,25,26)(H,22,23,24)/t22-;10-/m00/s1. The Kier molecular flexibility index (Phi) is 13.3. The lowest BCUT2D eigenvalue weighted by atomic mass is 9.86. The Morgan fingerprint density at radius 2 is 1.26 bits per heavy atom. The average molecular weight is 963 g/mol. The summed E-state index contributed by atoms with van der Waals surface area (Å²) in [4.78, 5) is 60.6. The first-order valence-corrected chi connectivity index (χ1v) is 24.9. The molecule has 4 aromatic heterocycles. The zero-order valence-corrected chi connectivity index (χ0v) is 40.8. The van der Waals surface area contributed by atoms with Gasteiger partial charge in [0.25, 0.3) is 0 Å². The van der Waals surface area contributed by atoms with Crippen molar-refractivity contribution in [1.29, 1.82) is 0 Å². The molecule has 6 heterocycles. The van der Waals surface area contributed by atoms with Gasteiger partial charge in [-0.3, -0.25) is 19.6 Å². The number of hydrogen-bond acceptors (Lipinski definition) is 15.